The van der Waals surface area contributed by atoms with Gasteiger partial charge in [0.25, 0.3) is 0 Å². The minimum Gasteiger partial charge on any atom is -0.466 e. The highest BCUT2D eigenvalue weighted by molar-refractivity contribution is 8.77. The second kappa shape index (κ2) is 113. The smallest absolute Gasteiger partial charge is 0.308 e. The summed E-state index contributed by atoms with van der Waals surface area (Å²) < 4.78 is 50.2. The number of hydrogen-bond donors (Lipinski definition) is 1. The number of benzene rings is 1. The van der Waals surface area contributed by atoms with Crippen LogP contribution < -0.4 is 5.73 Å². The topological polar surface area (TPSA) is 197 Å². The number of nitrogens with zero attached hydrogens (tertiary/aromatic N) is 4. The average molecular weight is 1890 g/mol. The van der Waals surface area contributed by atoms with Crippen LogP contribution in [0.15, 0.2) is 65.7 Å². The van der Waals surface area contributed by atoms with Crippen LogP contribution in [0.1, 0.15) is 331 Å². The highest BCUT2D eigenvalue weighted by atomic mass is 33.1. The largest absolute Gasteiger partial charge is 0.466 e. The molecule has 119 heavy (non-hydrogen) atoms. The van der Waals surface area contributed by atoms with Gasteiger partial charge < -0.3 is 19.9 Å². The molecule has 0 aromatic heterocycles. The van der Waals surface area contributed by atoms with E-state index >= 15 is 0 Å². The van der Waals surface area contributed by atoms with Crippen LogP contribution in [0.4, 0.5) is 13.2 Å². The molecule has 0 saturated heterocycles. The summed E-state index contributed by atoms with van der Waals surface area (Å²) in [5.41, 5.74) is 12.8. The highest BCUT2D eigenvalue weighted by Gasteiger charge is 2.25. The monoisotopic (exact) mass is 1890 g/mol. The zero-order valence-electron chi connectivity index (χ0n) is 85.5. The molecule has 26 heteroatoms. The number of carbonyl (C=O) groups excluding carboxylic acids is 3. The lowest BCUT2D eigenvalue weighted by Gasteiger charge is -2.16. The maximum atomic E-state index is 12.1. The molecule has 0 saturated carbocycles. The van der Waals surface area contributed by atoms with Gasteiger partial charge in [-0.3, -0.25) is 24.5 Å². The first kappa shape index (κ1) is 152. The van der Waals surface area contributed by atoms with Gasteiger partial charge in [-0.25, -0.2) is 13.2 Å². The Morgan fingerprint density at radius 3 is 1.05 bits per heavy atom. The molecule has 1 aromatic carbocycles. The van der Waals surface area contributed by atoms with E-state index in [9.17, 15) is 37.7 Å². The zero-order chi connectivity index (χ0) is 97.6. The number of hydrogen-bond acceptors (Lipinski definition) is 20. The Hall–Kier alpha value is -0.930. The Bertz CT molecular complexity index is 2190. The Morgan fingerprint density at radius 1 is 0.529 bits per heavy atom. The van der Waals surface area contributed by atoms with Crippen LogP contribution in [0, 0.1) is 93.0 Å². The van der Waals surface area contributed by atoms with Gasteiger partial charge in [-0.05, 0) is 122 Å². The highest BCUT2D eigenvalue weighted by Crippen LogP contribution is 2.36. The number of ether oxygens (including phenoxy) is 3. The van der Waals surface area contributed by atoms with Crippen LogP contribution in [0.2, 0.25) is 0 Å². The molecule has 2 N–H and O–H groups in total. The first-order valence-corrected chi connectivity index (χ1v) is 55.3. The molecule has 0 amide bonds. The van der Waals surface area contributed by atoms with Crippen molar-refractivity contribution in [2.24, 2.45) is 93.7 Å². The van der Waals surface area contributed by atoms with Crippen LogP contribution >= 0.6 is 110 Å². The summed E-state index contributed by atoms with van der Waals surface area (Å²) in [4.78, 5) is 44.5. The van der Waals surface area contributed by atoms with E-state index in [1.165, 1.54) is 71.9 Å². The molecule has 0 bridgehead atoms. The van der Waals surface area contributed by atoms with Gasteiger partial charge in [0, 0.05) is 84.3 Å². The molecular weight excluding hydrogens is 1690 g/mol. The van der Waals surface area contributed by atoms with Gasteiger partial charge in [-0.1, -0.05) is 418 Å². The summed E-state index contributed by atoms with van der Waals surface area (Å²) in [7, 11) is 15.6. The molecule has 13 nitrogen and oxygen atoms in total. The van der Waals surface area contributed by atoms with Gasteiger partial charge in [0.05, 0.1) is 31.0 Å². The minimum atomic E-state index is -2.50. The average Bonchev–Trinajstić information content (AvgIpc) is 0.962. The molecule has 722 valence electrons. The molecular formula is C93H196F3N5O8S10. The maximum absolute atomic E-state index is 12.1. The van der Waals surface area contributed by atoms with Gasteiger partial charge in [0.2, 0.25) is 12.0 Å². The van der Waals surface area contributed by atoms with Crippen LogP contribution in [-0.4, -0.2) is 129 Å². The predicted molar refractivity (Wildman–Crippen MR) is 560 cm³/mol. The number of carbonyl (C=O) groups is 3. The molecule has 0 aliphatic rings. The van der Waals surface area contributed by atoms with Crippen molar-refractivity contribution in [3.05, 3.63) is 76.2 Å². The van der Waals surface area contributed by atoms with Crippen molar-refractivity contribution in [2.75, 3.05) is 66.3 Å². The third-order valence-corrected chi connectivity index (χ3v) is 26.7. The Labute approximate surface area is 779 Å². The number of alkyl halides is 3. The summed E-state index contributed by atoms with van der Waals surface area (Å²) in [6, 6.07) is 10.5. The number of allylic oxidation sites excluding steroid dienone is 1. The number of esters is 3. The van der Waals surface area contributed by atoms with E-state index in [1.807, 2.05) is 157 Å². The SMILES string of the molecule is C=CCC(C)C.C=CCOC(=O)C(C)C.CC(C)C(C)(F)F.CC(C)C(F)N=[N+]=[N-].CC(C)CSSC(C)(C)C.CC(C)CSSC(C)C.CC(C)CSc1ccccc1.CC(C)N.CC(C)[N+](=O)[O-].CCC(C)C.CCC(C)C.CCOC(=O)C(C)C.CCOC(=O)C(C)C.CCSC(C)C(C)C.CCSSCC(C)C.CSSCC(C)C. The van der Waals surface area contributed by atoms with Gasteiger partial charge in [-0.15, -0.1) is 18.3 Å². The van der Waals surface area contributed by atoms with E-state index in [2.05, 4.69) is 263 Å². The number of azide groups is 1. The number of nitro groups is 1. The van der Waals surface area contributed by atoms with Crippen LogP contribution in [-0.2, 0) is 28.6 Å². The van der Waals surface area contributed by atoms with Gasteiger partial charge in [0.1, 0.15) is 6.61 Å². The molecule has 0 spiro atoms. The summed E-state index contributed by atoms with van der Waals surface area (Å²) in [5, 5.41) is 13.9. The van der Waals surface area contributed by atoms with E-state index in [0.29, 0.717) is 30.6 Å². The number of thioether (sulfide) groups is 2. The van der Waals surface area contributed by atoms with Crippen LogP contribution in [0.3, 0.4) is 0 Å². The van der Waals surface area contributed by atoms with Crippen molar-refractivity contribution in [1.29, 1.82) is 0 Å². The van der Waals surface area contributed by atoms with Gasteiger partial charge in [-0.2, -0.15) is 11.8 Å². The summed E-state index contributed by atoms with van der Waals surface area (Å²) >= 11 is 3.97. The van der Waals surface area contributed by atoms with E-state index < -0.39 is 24.2 Å². The van der Waals surface area contributed by atoms with Gasteiger partial charge in [0.15, 0.2) is 6.30 Å². The van der Waals surface area contributed by atoms with E-state index in [1.54, 1.807) is 61.5 Å². The quantitative estimate of drug-likeness (QED) is 0.00547. The van der Waals surface area contributed by atoms with Crippen LogP contribution in [0.5, 0.6) is 0 Å². The predicted octanol–water partition coefficient (Wildman–Crippen LogP) is 34.8. The lowest BCUT2D eigenvalue weighted by Crippen LogP contribution is -2.17. The van der Waals surface area contributed by atoms with Crippen molar-refractivity contribution in [2.45, 2.75) is 375 Å². The number of nitrogens with two attached hydrogens (primary N) is 1. The number of rotatable bonds is 35. The minimum absolute atomic E-state index is 0.00921. The second-order valence-electron chi connectivity index (χ2n) is 34.0. The van der Waals surface area contributed by atoms with Crippen molar-refractivity contribution < 1.29 is 46.7 Å². The Kier molecular flexibility index (Phi) is 145. The second-order valence-corrected chi connectivity index (χ2v) is 48.3. The molecule has 0 fully saturated rings. The molecule has 1 aromatic rings. The van der Waals surface area contributed by atoms with Crippen molar-refractivity contribution in [3.8, 4) is 0 Å². The zero-order valence-corrected chi connectivity index (χ0v) is 93.6. The van der Waals surface area contributed by atoms with Crippen LogP contribution in [0.25, 0.3) is 10.4 Å². The third kappa shape index (κ3) is 204. The first-order valence-electron chi connectivity index (χ1n) is 43.4. The van der Waals surface area contributed by atoms with Crippen molar-refractivity contribution in [1.82, 2.24) is 0 Å². The standard InChI is InChI=1S/C10H14S.C8H18S2.C7H12O2.C7H16S2.C7H16S.2C6H12O2.C6H14S2.C6H12.C5H10F2.C5H12S2.2C5H12.C4H8FN3.C3H7NO2.C3H9N/c1-9(2)8-11-10-6-4-3-5-7-10;1-7(2)6-9-10-8(3,4)5;1-4-5-9-7(8)6(2)3;1-6(2)5-8-9-7(3)4;1-5-8-7(4)6(2)3;2*1-4-8-6(7)5(2)3;1-4-7-8-5-6(2)3;1-4-5-6(2)3;1-4(2)5(3,6)7;1-5(2)4-7-6-3;2*1-4-5(2)3;1-3(2)4(5)7-8-6;1-3(2)4(5)6;1-3(2)4/h3-7,9H,8H2,1-2H3;7H,6H2,1-5H3;4,6H,1,5H2,2-3H3;6-7H,5H2,1-4H3;6-7H,5H2,1-4H3;2*5H,4H2,1-3H3;6H,4-5H2,1-3H3;4,6H,1,5H2,2-3H3;4H,1-3H3;5H,4H2,1-3H3;2*5H,4H2,1-3H3;3-4H,1-2H3;3H,1-2H3;3H,4H2,1-2H3. The lowest BCUT2D eigenvalue weighted by molar-refractivity contribution is -0.513. The van der Waals surface area contributed by atoms with E-state index in [4.69, 9.17) is 16.0 Å². The maximum Gasteiger partial charge on any atom is 0.308 e. The fourth-order valence-electron chi connectivity index (χ4n) is 3.81. The lowest BCUT2D eigenvalue weighted by atomic mass is 10.1. The van der Waals surface area contributed by atoms with E-state index in [0.717, 1.165) is 77.1 Å². The van der Waals surface area contributed by atoms with Gasteiger partial charge >= 0.3 is 17.9 Å². The van der Waals surface area contributed by atoms with Crippen molar-refractivity contribution >= 4 is 128 Å². The summed E-state index contributed by atoms with van der Waals surface area (Å²) in [5.74, 6) is 12.6. The normalized spacial score (nSPS) is 10.8. The molecule has 2 atom stereocenters. The molecule has 1 rings (SSSR count). The fourth-order valence-corrected chi connectivity index (χ4v) is 14.6. The number of halogens is 3. The third-order valence-electron chi connectivity index (χ3n) is 11.9. The summed E-state index contributed by atoms with van der Waals surface area (Å²) in [6.45, 7) is 99.6. The fraction of sp³-hybridized carbons (Fsp3) is 0.860. The van der Waals surface area contributed by atoms with Crippen molar-refractivity contribution in [3.63, 3.8) is 0 Å². The molecule has 0 aliphatic heterocycles. The molecule has 2 unspecified atom stereocenters. The molecule has 0 radical (unpaired) electrons. The van der Waals surface area contributed by atoms with E-state index in [-0.39, 0.29) is 46.5 Å². The molecule has 0 heterocycles. The molecule has 0 aliphatic carbocycles. The summed E-state index contributed by atoms with van der Waals surface area (Å²) in [6.07, 6.45) is 8.00. The first-order chi connectivity index (χ1) is 54.4. The Balaban J connectivity index is -0.0000000750. The Morgan fingerprint density at radius 2 is 0.866 bits per heavy atom.